The Bertz CT molecular complexity index is 1950. The first-order chi connectivity index (χ1) is 18.5. The van der Waals surface area contributed by atoms with Gasteiger partial charge in [-0.1, -0.05) is 17.7 Å². The lowest BCUT2D eigenvalue weighted by Crippen LogP contribution is -2.33. The highest BCUT2D eigenvalue weighted by molar-refractivity contribution is 7.90. The van der Waals surface area contributed by atoms with E-state index in [1.165, 1.54) is 24.5 Å². The Morgan fingerprint density at radius 1 is 0.974 bits per heavy atom. The molecule has 0 amide bonds. The van der Waals surface area contributed by atoms with Gasteiger partial charge in [0, 0.05) is 18.2 Å². The monoisotopic (exact) mass is 568 g/mol. The molecule has 2 aromatic carbocycles. The highest BCUT2D eigenvalue weighted by atomic mass is 32.2. The molecular formula is C26H25FN6O4S2. The molecule has 0 bridgehead atoms. The van der Waals surface area contributed by atoms with Gasteiger partial charge >= 0.3 is 0 Å². The van der Waals surface area contributed by atoms with E-state index in [0.717, 1.165) is 15.6 Å². The van der Waals surface area contributed by atoms with Gasteiger partial charge in [-0.15, -0.1) is 10.2 Å². The molecule has 10 nitrogen and oxygen atoms in total. The molecule has 0 spiro atoms. The second kappa shape index (κ2) is 9.21. The minimum atomic E-state index is -3.88. The molecule has 3 heterocycles. The quantitative estimate of drug-likeness (QED) is 0.331. The van der Waals surface area contributed by atoms with E-state index in [0.29, 0.717) is 41.8 Å². The number of hydrogen-bond donors (Lipinski definition) is 1. The van der Waals surface area contributed by atoms with Crippen molar-refractivity contribution in [2.45, 2.75) is 54.9 Å². The van der Waals surface area contributed by atoms with Crippen LogP contribution in [0, 0.1) is 19.7 Å². The van der Waals surface area contributed by atoms with Crippen LogP contribution in [0.25, 0.3) is 16.8 Å². The summed E-state index contributed by atoms with van der Waals surface area (Å²) in [5, 5.41) is 8.61. The summed E-state index contributed by atoms with van der Waals surface area (Å²) >= 11 is 0. The van der Waals surface area contributed by atoms with Crippen molar-refractivity contribution in [3.05, 3.63) is 83.7 Å². The molecule has 0 unspecified atom stereocenters. The summed E-state index contributed by atoms with van der Waals surface area (Å²) in [6, 6.07) is 11.5. The Morgan fingerprint density at radius 3 is 2.49 bits per heavy atom. The molecule has 0 aliphatic heterocycles. The van der Waals surface area contributed by atoms with Gasteiger partial charge in [0.2, 0.25) is 10.0 Å². The summed E-state index contributed by atoms with van der Waals surface area (Å²) in [5.41, 5.74) is 2.53. The van der Waals surface area contributed by atoms with Crippen LogP contribution in [0.3, 0.4) is 0 Å². The third-order valence-electron chi connectivity index (χ3n) is 7.19. The van der Waals surface area contributed by atoms with Crippen LogP contribution in [0.5, 0.6) is 0 Å². The van der Waals surface area contributed by atoms with E-state index in [2.05, 4.69) is 19.9 Å². The Balaban J connectivity index is 1.31. The number of nitrogens with zero attached hydrogens (tertiary/aromatic N) is 5. The second-order valence-corrected chi connectivity index (χ2v) is 13.4. The van der Waals surface area contributed by atoms with E-state index >= 15 is 0 Å². The Kier molecular flexibility index (Phi) is 6.04. The molecule has 1 aliphatic carbocycles. The number of aromatic nitrogens is 5. The van der Waals surface area contributed by atoms with Crippen molar-refractivity contribution in [2.75, 3.05) is 0 Å². The maximum Gasteiger partial charge on any atom is 0.269 e. The number of rotatable bonds is 6. The summed E-state index contributed by atoms with van der Waals surface area (Å²) in [7, 11) is -7.73. The Labute approximate surface area is 224 Å². The minimum absolute atomic E-state index is 0.0455. The van der Waals surface area contributed by atoms with Gasteiger partial charge in [0.1, 0.15) is 11.6 Å². The third kappa shape index (κ3) is 4.39. The fourth-order valence-electron chi connectivity index (χ4n) is 5.25. The van der Waals surface area contributed by atoms with Crippen molar-refractivity contribution in [2.24, 2.45) is 0 Å². The Morgan fingerprint density at radius 2 is 1.74 bits per heavy atom. The van der Waals surface area contributed by atoms with Crippen LogP contribution in [-0.4, -0.2) is 46.4 Å². The van der Waals surface area contributed by atoms with E-state index < -0.39 is 25.9 Å². The summed E-state index contributed by atoms with van der Waals surface area (Å²) in [6.07, 6.45) is 4.66. The van der Waals surface area contributed by atoms with Crippen LogP contribution in [0.15, 0.2) is 70.7 Å². The van der Waals surface area contributed by atoms with E-state index in [9.17, 15) is 21.2 Å². The largest absolute Gasteiger partial charge is 0.274 e. The van der Waals surface area contributed by atoms with Crippen molar-refractivity contribution in [3.8, 4) is 0 Å². The molecule has 2 atom stereocenters. The zero-order valence-electron chi connectivity index (χ0n) is 21.1. The summed E-state index contributed by atoms with van der Waals surface area (Å²) < 4.78 is 71.9. The topological polar surface area (TPSA) is 128 Å². The molecule has 1 N–H and O–H groups in total. The van der Waals surface area contributed by atoms with Crippen molar-refractivity contribution >= 4 is 36.9 Å². The number of benzene rings is 2. The first kappa shape index (κ1) is 25.6. The fourth-order valence-corrected chi connectivity index (χ4v) is 8.06. The van der Waals surface area contributed by atoms with Crippen LogP contribution in [0.1, 0.15) is 42.1 Å². The van der Waals surface area contributed by atoms with Crippen molar-refractivity contribution in [3.63, 3.8) is 0 Å². The zero-order valence-corrected chi connectivity index (χ0v) is 22.7. The van der Waals surface area contributed by atoms with Gasteiger partial charge in [0.15, 0.2) is 11.3 Å². The highest BCUT2D eigenvalue weighted by Crippen LogP contribution is 2.36. The first-order valence-corrected chi connectivity index (χ1v) is 15.3. The van der Waals surface area contributed by atoms with Crippen molar-refractivity contribution < 1.29 is 21.2 Å². The summed E-state index contributed by atoms with van der Waals surface area (Å²) in [4.78, 5) is 4.57. The van der Waals surface area contributed by atoms with E-state index in [-0.39, 0.29) is 27.4 Å². The average Bonchev–Trinajstić information content (AvgIpc) is 3.61. The smallest absolute Gasteiger partial charge is 0.269 e. The number of halogens is 1. The zero-order chi connectivity index (χ0) is 27.5. The summed E-state index contributed by atoms with van der Waals surface area (Å²) in [5.74, 6) is -0.000386. The highest BCUT2D eigenvalue weighted by Gasteiger charge is 2.33. The van der Waals surface area contributed by atoms with Gasteiger partial charge in [0.25, 0.3) is 10.0 Å². The predicted octanol–water partition coefficient (Wildman–Crippen LogP) is 3.69. The van der Waals surface area contributed by atoms with Crippen LogP contribution in [0.2, 0.25) is 0 Å². The lowest BCUT2D eigenvalue weighted by atomic mass is 10.1. The van der Waals surface area contributed by atoms with Crippen molar-refractivity contribution in [1.29, 1.82) is 0 Å². The lowest BCUT2D eigenvalue weighted by molar-refractivity contribution is 0.545. The second-order valence-electron chi connectivity index (χ2n) is 9.89. The molecule has 1 saturated carbocycles. The summed E-state index contributed by atoms with van der Waals surface area (Å²) in [6.45, 7) is 3.44. The molecule has 1 fully saturated rings. The molecule has 39 heavy (non-hydrogen) atoms. The molecule has 13 heteroatoms. The van der Waals surface area contributed by atoms with Gasteiger partial charge in [-0.05, 0) is 75.1 Å². The maximum atomic E-state index is 13.5. The lowest BCUT2D eigenvalue weighted by Gasteiger charge is -2.15. The number of sulfonamides is 1. The predicted molar refractivity (Wildman–Crippen MR) is 142 cm³/mol. The van der Waals surface area contributed by atoms with Crippen LogP contribution < -0.4 is 4.72 Å². The fraction of sp³-hybridized carbons (Fsp3) is 0.269. The molecular weight excluding hydrogens is 543 g/mol. The number of nitrogens with one attached hydrogen (secondary N) is 1. The SMILES string of the molecule is Cc1ccc(S(=O)(=O)n2ccc3c2ncc2nnc([C@@H]4CC[C@H](NS(=O)(=O)c5ccc(F)cc5C)C4)n23)cc1. The number of hydrogen-bond acceptors (Lipinski definition) is 7. The first-order valence-electron chi connectivity index (χ1n) is 12.4. The molecule has 3 aromatic heterocycles. The molecule has 1 aliphatic rings. The standard InChI is InChI=1S/C26H25FN6O4S2/c1-16-3-8-21(9-4-16)39(36,37)32-12-11-22-26(32)28-15-24-29-30-25(33(22)24)18-5-7-20(14-18)31-38(34,35)23-10-6-19(27)13-17(23)2/h3-4,6,8-13,15,18,20,31H,5,7,14H2,1-2H3/t18-,20+/m1/s1. The van der Waals surface area contributed by atoms with E-state index in [1.807, 2.05) is 6.92 Å². The van der Waals surface area contributed by atoms with Gasteiger partial charge in [0.05, 0.1) is 21.5 Å². The minimum Gasteiger partial charge on any atom is -0.274 e. The third-order valence-corrected chi connectivity index (χ3v) is 10.5. The molecule has 202 valence electrons. The molecule has 0 saturated heterocycles. The van der Waals surface area contributed by atoms with Gasteiger partial charge < -0.3 is 0 Å². The maximum absolute atomic E-state index is 13.5. The number of aryl methyl sites for hydroxylation is 2. The van der Waals surface area contributed by atoms with Gasteiger partial charge in [-0.3, -0.25) is 4.40 Å². The average molecular weight is 569 g/mol. The Hall–Kier alpha value is -3.68. The van der Waals surface area contributed by atoms with E-state index in [4.69, 9.17) is 0 Å². The van der Waals surface area contributed by atoms with Crippen molar-refractivity contribution in [1.82, 2.24) is 28.3 Å². The van der Waals surface area contributed by atoms with E-state index in [1.54, 1.807) is 41.7 Å². The van der Waals surface area contributed by atoms with Crippen LogP contribution in [-0.2, 0) is 20.0 Å². The normalized spacial score (nSPS) is 18.3. The van der Waals surface area contributed by atoms with Crippen LogP contribution in [0.4, 0.5) is 4.39 Å². The molecule has 6 rings (SSSR count). The molecule has 5 aromatic rings. The number of fused-ring (bicyclic) bond motifs is 3. The van der Waals surface area contributed by atoms with Crippen LogP contribution >= 0.6 is 0 Å². The van der Waals surface area contributed by atoms with Gasteiger partial charge in [-0.25, -0.2) is 34.9 Å². The van der Waals surface area contributed by atoms with Gasteiger partial charge in [-0.2, -0.15) is 0 Å². The molecule has 0 radical (unpaired) electrons.